The quantitative estimate of drug-likeness (QED) is 0.624. The molecular weight excluding hydrogens is 200 g/mol. The van der Waals surface area contributed by atoms with Gasteiger partial charge in [-0.3, -0.25) is 9.59 Å². The molecule has 2 heteroatoms. The van der Waals surface area contributed by atoms with Crippen LogP contribution in [0.2, 0.25) is 0 Å². The fourth-order valence-electron chi connectivity index (χ4n) is 1.89. The van der Waals surface area contributed by atoms with Crippen molar-refractivity contribution in [1.29, 1.82) is 0 Å². The molecule has 2 nitrogen and oxygen atoms in total. The maximum Gasteiger partial charge on any atom is 0.233 e. The maximum atomic E-state index is 11.8. The molecule has 16 heavy (non-hydrogen) atoms. The molecule has 4 aliphatic carbocycles. The first-order valence-corrected chi connectivity index (χ1v) is 5.05. The van der Waals surface area contributed by atoms with Gasteiger partial charge in [0, 0.05) is 11.1 Å². The Hall–Kier alpha value is -2.22. The van der Waals surface area contributed by atoms with Crippen LogP contribution in [0.4, 0.5) is 0 Å². The first-order chi connectivity index (χ1) is 7.75. The zero-order valence-electron chi connectivity index (χ0n) is 8.44. The normalized spacial score (nSPS) is 13.2. The fourth-order valence-corrected chi connectivity index (χ4v) is 1.89. The lowest BCUT2D eigenvalue weighted by atomic mass is 9.94. The summed E-state index contributed by atoms with van der Waals surface area (Å²) in [5, 5.41) is 0. The molecule has 0 radical (unpaired) electrons. The molecule has 4 aliphatic rings. The largest absolute Gasteiger partial charge is 0.285 e. The number of hydrogen-bond donors (Lipinski definition) is 0. The second-order valence-corrected chi connectivity index (χ2v) is 3.81. The van der Waals surface area contributed by atoms with Crippen molar-refractivity contribution in [3.8, 4) is 11.1 Å². The summed E-state index contributed by atoms with van der Waals surface area (Å²) in [4.78, 5) is 23.6. The molecule has 0 saturated carbocycles. The van der Waals surface area contributed by atoms with Crippen LogP contribution in [0, 0.1) is 0 Å². The number of rotatable bonds is 0. The third-order valence-electron chi connectivity index (χ3n) is 2.83. The van der Waals surface area contributed by atoms with Crippen molar-refractivity contribution in [2.24, 2.45) is 0 Å². The Kier molecular flexibility index (Phi) is 1.77. The van der Waals surface area contributed by atoms with Crippen LogP contribution < -0.4 is 0 Å². The lowest BCUT2D eigenvalue weighted by molar-refractivity contribution is 0.0817. The Labute approximate surface area is 92.5 Å². The molecule has 0 amide bonds. The minimum atomic E-state index is -0.443. The molecule has 2 aromatic carbocycles. The lowest BCUT2D eigenvalue weighted by Gasteiger charge is -2.08. The van der Waals surface area contributed by atoms with Gasteiger partial charge in [-0.25, -0.2) is 0 Å². The summed E-state index contributed by atoms with van der Waals surface area (Å²) in [6.07, 6.45) is 0. The van der Waals surface area contributed by atoms with Gasteiger partial charge >= 0.3 is 0 Å². The third-order valence-corrected chi connectivity index (χ3v) is 2.83. The summed E-state index contributed by atoms with van der Waals surface area (Å²) in [6.45, 7) is 0. The molecular formula is C14H8O2. The highest BCUT2D eigenvalue weighted by atomic mass is 16.2. The van der Waals surface area contributed by atoms with Gasteiger partial charge in [0.2, 0.25) is 11.6 Å². The van der Waals surface area contributed by atoms with Crippen LogP contribution in [0.5, 0.6) is 0 Å². The highest BCUT2D eigenvalue weighted by Gasteiger charge is 2.19. The zero-order chi connectivity index (χ0) is 11.1. The molecule has 76 valence electrons. The summed E-state index contributed by atoms with van der Waals surface area (Å²) in [7, 11) is 0. The molecule has 0 atom stereocenters. The van der Waals surface area contributed by atoms with Crippen molar-refractivity contribution in [3.63, 3.8) is 0 Å². The number of Topliss-reactive ketones (excluding diaryl/α,β-unsaturated/α-hetero) is 2. The van der Waals surface area contributed by atoms with E-state index in [1.165, 1.54) is 0 Å². The van der Waals surface area contributed by atoms with E-state index in [1.54, 1.807) is 24.3 Å². The van der Waals surface area contributed by atoms with Gasteiger partial charge in [-0.2, -0.15) is 0 Å². The van der Waals surface area contributed by atoms with Gasteiger partial charge in [-0.05, 0) is 11.1 Å². The average molecular weight is 208 g/mol. The van der Waals surface area contributed by atoms with E-state index in [0.29, 0.717) is 11.1 Å². The van der Waals surface area contributed by atoms with Gasteiger partial charge in [0.05, 0.1) is 0 Å². The van der Waals surface area contributed by atoms with E-state index < -0.39 is 11.6 Å². The van der Waals surface area contributed by atoms with E-state index in [1.807, 2.05) is 24.3 Å². The van der Waals surface area contributed by atoms with Gasteiger partial charge in [-0.1, -0.05) is 48.5 Å². The van der Waals surface area contributed by atoms with E-state index in [2.05, 4.69) is 0 Å². The summed E-state index contributed by atoms with van der Waals surface area (Å²) in [5.74, 6) is -0.887. The van der Waals surface area contributed by atoms with Gasteiger partial charge < -0.3 is 0 Å². The van der Waals surface area contributed by atoms with Crippen LogP contribution in [0.1, 0.15) is 20.7 Å². The highest BCUT2D eigenvalue weighted by Crippen LogP contribution is 2.23. The van der Waals surface area contributed by atoms with Gasteiger partial charge in [-0.15, -0.1) is 0 Å². The second-order valence-electron chi connectivity index (χ2n) is 3.81. The Balaban J connectivity index is 2.37. The van der Waals surface area contributed by atoms with E-state index >= 15 is 0 Å². The fraction of sp³-hybridized carbons (Fsp3) is 0. The molecule has 0 heterocycles. The number of benzene rings is 2. The standard InChI is InChI=1S/C14H8O2/c15-13-11-5-1-9(2-6-11)10-3-7-12(8-4-10)14(13)16/h1-8H. The van der Waals surface area contributed by atoms with E-state index in [9.17, 15) is 9.59 Å². The molecule has 0 unspecified atom stereocenters. The number of carbonyl (C=O) groups is 2. The summed E-state index contributed by atoms with van der Waals surface area (Å²) < 4.78 is 0. The molecule has 0 N–H and O–H groups in total. The average Bonchev–Trinajstić information content (AvgIpc) is 2.37. The first-order valence-electron chi connectivity index (χ1n) is 5.05. The molecule has 0 fully saturated rings. The third kappa shape index (κ3) is 1.20. The van der Waals surface area contributed by atoms with Gasteiger partial charge in [0.15, 0.2) is 0 Å². The first kappa shape index (κ1) is 9.04. The Morgan fingerprint density at radius 3 is 1.00 bits per heavy atom. The molecule has 4 bridgehead atoms. The maximum absolute atomic E-state index is 11.8. The second kappa shape index (κ2) is 3.14. The van der Waals surface area contributed by atoms with Crippen molar-refractivity contribution in [1.82, 2.24) is 0 Å². The monoisotopic (exact) mass is 208 g/mol. The van der Waals surface area contributed by atoms with Crippen molar-refractivity contribution < 1.29 is 9.59 Å². The van der Waals surface area contributed by atoms with Crippen LogP contribution in [-0.4, -0.2) is 11.6 Å². The molecule has 0 spiro atoms. The number of hydrogen-bond acceptors (Lipinski definition) is 2. The van der Waals surface area contributed by atoms with Crippen molar-refractivity contribution in [2.45, 2.75) is 0 Å². The zero-order valence-corrected chi connectivity index (χ0v) is 8.44. The van der Waals surface area contributed by atoms with Crippen LogP contribution in [0.15, 0.2) is 48.5 Å². The van der Waals surface area contributed by atoms with Crippen LogP contribution in [-0.2, 0) is 0 Å². The highest BCUT2D eigenvalue weighted by molar-refractivity contribution is 6.49. The molecule has 0 aliphatic heterocycles. The van der Waals surface area contributed by atoms with Crippen molar-refractivity contribution in [2.75, 3.05) is 0 Å². The van der Waals surface area contributed by atoms with E-state index in [4.69, 9.17) is 0 Å². The molecule has 0 saturated heterocycles. The SMILES string of the molecule is O=C1C(=O)c2ccc(cc2)-c2ccc1cc2. The number of carbonyl (C=O) groups excluding carboxylic acids is 2. The Bertz CT molecular complexity index is 522. The van der Waals surface area contributed by atoms with E-state index in [-0.39, 0.29) is 0 Å². The smallest absolute Gasteiger partial charge is 0.233 e. The number of ketones is 2. The van der Waals surface area contributed by atoms with Crippen LogP contribution in [0.25, 0.3) is 11.1 Å². The molecule has 2 aromatic rings. The Morgan fingerprint density at radius 2 is 0.688 bits per heavy atom. The van der Waals surface area contributed by atoms with Gasteiger partial charge in [0.25, 0.3) is 0 Å². The van der Waals surface area contributed by atoms with Crippen LogP contribution >= 0.6 is 0 Å². The van der Waals surface area contributed by atoms with Crippen molar-refractivity contribution >= 4 is 11.6 Å². The van der Waals surface area contributed by atoms with E-state index in [0.717, 1.165) is 11.1 Å². The van der Waals surface area contributed by atoms with Crippen LogP contribution in [0.3, 0.4) is 0 Å². The minimum absolute atomic E-state index is 0.443. The molecule has 0 aromatic heterocycles. The predicted molar refractivity (Wildman–Crippen MR) is 60.5 cm³/mol. The Morgan fingerprint density at radius 1 is 0.438 bits per heavy atom. The summed E-state index contributed by atoms with van der Waals surface area (Å²) >= 11 is 0. The summed E-state index contributed by atoms with van der Waals surface area (Å²) in [6, 6.07) is 14.2. The predicted octanol–water partition coefficient (Wildman–Crippen LogP) is 2.73. The lowest BCUT2D eigenvalue weighted by Crippen LogP contribution is -2.14. The minimum Gasteiger partial charge on any atom is -0.285 e. The van der Waals surface area contributed by atoms with Crippen molar-refractivity contribution in [3.05, 3.63) is 59.7 Å². The topological polar surface area (TPSA) is 34.1 Å². The molecule has 6 rings (SSSR count). The summed E-state index contributed by atoms with van der Waals surface area (Å²) in [5.41, 5.74) is 3.02. The van der Waals surface area contributed by atoms with Gasteiger partial charge in [0.1, 0.15) is 0 Å².